The van der Waals surface area contributed by atoms with Crippen molar-refractivity contribution < 1.29 is 23.5 Å². The highest BCUT2D eigenvalue weighted by atomic mass is 19.1. The number of benzene rings is 2. The Morgan fingerprint density at radius 1 is 0.964 bits per heavy atom. The van der Waals surface area contributed by atoms with Crippen LogP contribution in [0.4, 0.5) is 4.39 Å². The number of halogens is 1. The lowest BCUT2D eigenvalue weighted by molar-refractivity contribution is -0.121. The van der Waals surface area contributed by atoms with Crippen molar-refractivity contribution in [3.05, 3.63) is 59.4 Å². The Morgan fingerprint density at radius 2 is 1.75 bits per heavy atom. The van der Waals surface area contributed by atoms with Crippen molar-refractivity contribution in [2.75, 3.05) is 19.8 Å². The van der Waals surface area contributed by atoms with Gasteiger partial charge in [-0.1, -0.05) is 18.2 Å². The Morgan fingerprint density at radius 3 is 2.57 bits per heavy atom. The molecule has 0 bridgehead atoms. The minimum absolute atomic E-state index is 0.105. The van der Waals surface area contributed by atoms with Gasteiger partial charge in [-0.2, -0.15) is 0 Å². The van der Waals surface area contributed by atoms with Crippen LogP contribution in [0.25, 0.3) is 0 Å². The van der Waals surface area contributed by atoms with Crippen molar-refractivity contribution in [1.29, 1.82) is 0 Å². The van der Waals surface area contributed by atoms with Crippen molar-refractivity contribution in [2.45, 2.75) is 32.1 Å². The van der Waals surface area contributed by atoms with Crippen LogP contribution in [-0.2, 0) is 11.2 Å². The van der Waals surface area contributed by atoms with Gasteiger partial charge in [0.25, 0.3) is 0 Å². The Kier molecular flexibility index (Phi) is 7.00. The molecule has 0 aliphatic carbocycles. The number of nitrogens with one attached hydrogen (secondary N) is 1. The number of hydrogen-bond donors (Lipinski definition) is 1. The second-order valence-electron chi connectivity index (χ2n) is 6.68. The van der Waals surface area contributed by atoms with Gasteiger partial charge in [0.1, 0.15) is 19.0 Å². The number of unbranched alkanes of at least 4 members (excludes halogenated alkanes) is 1. The maximum atomic E-state index is 13.5. The molecule has 0 saturated carbocycles. The molecule has 2 aromatic rings. The molecular weight excluding hydrogens is 361 g/mol. The molecule has 0 saturated heterocycles. The zero-order valence-electron chi connectivity index (χ0n) is 15.7. The number of carbonyl (C=O) groups excluding carboxylic acids is 2. The zero-order chi connectivity index (χ0) is 19.8. The lowest BCUT2D eigenvalue weighted by atomic mass is 10.1. The summed E-state index contributed by atoms with van der Waals surface area (Å²) >= 11 is 0. The van der Waals surface area contributed by atoms with Gasteiger partial charge in [0, 0.05) is 24.9 Å². The van der Waals surface area contributed by atoms with Gasteiger partial charge >= 0.3 is 0 Å². The summed E-state index contributed by atoms with van der Waals surface area (Å²) in [6.07, 6.45) is 2.47. The molecule has 1 heterocycles. The predicted molar refractivity (Wildman–Crippen MR) is 103 cm³/mol. The summed E-state index contributed by atoms with van der Waals surface area (Å²) in [6, 6.07) is 11.8. The predicted octanol–water partition coefficient (Wildman–Crippen LogP) is 3.70. The topological polar surface area (TPSA) is 64.6 Å². The molecule has 0 unspecified atom stereocenters. The second kappa shape index (κ2) is 9.88. The van der Waals surface area contributed by atoms with E-state index in [0.717, 1.165) is 12.8 Å². The standard InChI is InChI=1S/C22H24FNO4/c23-18-7-2-1-5-16(18)6-3-4-12-24-22(26)11-9-19(25)17-8-10-20-21(15-17)28-14-13-27-20/h1-2,5,7-8,10,15H,3-4,6,9,11-14H2,(H,24,26). The minimum Gasteiger partial charge on any atom is -0.486 e. The smallest absolute Gasteiger partial charge is 0.220 e. The fourth-order valence-corrected chi connectivity index (χ4v) is 3.05. The van der Waals surface area contributed by atoms with Crippen molar-refractivity contribution in [3.63, 3.8) is 0 Å². The maximum Gasteiger partial charge on any atom is 0.220 e. The van der Waals surface area contributed by atoms with E-state index < -0.39 is 0 Å². The normalized spacial score (nSPS) is 12.5. The first-order valence-electron chi connectivity index (χ1n) is 9.56. The van der Waals surface area contributed by atoms with E-state index in [1.54, 1.807) is 30.3 Å². The molecule has 2 aromatic carbocycles. The summed E-state index contributed by atoms with van der Waals surface area (Å²) < 4.78 is 24.4. The number of Topliss-reactive ketones (excluding diaryl/α,β-unsaturated/α-hetero) is 1. The van der Waals surface area contributed by atoms with E-state index in [4.69, 9.17) is 9.47 Å². The van der Waals surface area contributed by atoms with Crippen LogP contribution in [0.3, 0.4) is 0 Å². The van der Waals surface area contributed by atoms with Crippen LogP contribution in [0.1, 0.15) is 41.6 Å². The van der Waals surface area contributed by atoms with Crippen LogP contribution in [-0.4, -0.2) is 31.4 Å². The largest absolute Gasteiger partial charge is 0.486 e. The van der Waals surface area contributed by atoms with Gasteiger partial charge in [0.15, 0.2) is 17.3 Å². The third-order valence-electron chi connectivity index (χ3n) is 4.60. The van der Waals surface area contributed by atoms with E-state index in [-0.39, 0.29) is 30.3 Å². The van der Waals surface area contributed by atoms with E-state index in [1.807, 2.05) is 6.07 Å². The average molecular weight is 385 g/mol. The molecule has 0 fully saturated rings. The van der Waals surface area contributed by atoms with Crippen molar-refractivity contribution in [3.8, 4) is 11.5 Å². The number of fused-ring (bicyclic) bond motifs is 1. The molecule has 3 rings (SSSR count). The Bertz CT molecular complexity index is 837. The molecule has 0 aromatic heterocycles. The molecule has 148 valence electrons. The summed E-state index contributed by atoms with van der Waals surface area (Å²) in [5.74, 6) is 0.750. The number of rotatable bonds is 9. The highest BCUT2D eigenvalue weighted by Gasteiger charge is 2.15. The first-order chi connectivity index (χ1) is 13.6. The average Bonchev–Trinajstić information content (AvgIpc) is 2.72. The van der Waals surface area contributed by atoms with Gasteiger partial charge in [0.05, 0.1) is 0 Å². The number of carbonyl (C=O) groups is 2. The van der Waals surface area contributed by atoms with E-state index in [9.17, 15) is 14.0 Å². The number of ether oxygens (including phenoxy) is 2. The van der Waals surface area contributed by atoms with Crippen LogP contribution in [0.15, 0.2) is 42.5 Å². The lowest BCUT2D eigenvalue weighted by Crippen LogP contribution is -2.25. The van der Waals surface area contributed by atoms with E-state index in [1.165, 1.54) is 6.07 Å². The van der Waals surface area contributed by atoms with Gasteiger partial charge in [-0.15, -0.1) is 0 Å². The first-order valence-corrected chi connectivity index (χ1v) is 9.56. The number of aryl methyl sites for hydroxylation is 1. The zero-order valence-corrected chi connectivity index (χ0v) is 15.7. The molecule has 1 aliphatic rings. The summed E-state index contributed by atoms with van der Waals surface area (Å²) in [7, 11) is 0. The summed E-state index contributed by atoms with van der Waals surface area (Å²) in [5, 5.41) is 2.81. The van der Waals surface area contributed by atoms with E-state index in [2.05, 4.69) is 5.32 Å². The Balaban J connectivity index is 1.34. The van der Waals surface area contributed by atoms with Crippen LogP contribution >= 0.6 is 0 Å². The molecule has 0 atom stereocenters. The van der Waals surface area contributed by atoms with Gasteiger partial charge in [-0.05, 0) is 49.1 Å². The van der Waals surface area contributed by atoms with E-state index >= 15 is 0 Å². The quantitative estimate of drug-likeness (QED) is 0.528. The summed E-state index contributed by atoms with van der Waals surface area (Å²) in [5.41, 5.74) is 1.21. The third-order valence-corrected chi connectivity index (χ3v) is 4.60. The van der Waals surface area contributed by atoms with Gasteiger partial charge in [-0.25, -0.2) is 4.39 Å². The van der Waals surface area contributed by atoms with Crippen molar-refractivity contribution in [1.82, 2.24) is 5.32 Å². The summed E-state index contributed by atoms with van der Waals surface area (Å²) in [4.78, 5) is 24.2. The van der Waals surface area contributed by atoms with Crippen molar-refractivity contribution >= 4 is 11.7 Å². The molecule has 1 amide bonds. The summed E-state index contributed by atoms with van der Waals surface area (Å²) in [6.45, 7) is 1.48. The molecule has 0 radical (unpaired) electrons. The molecule has 0 spiro atoms. The third kappa shape index (κ3) is 5.55. The monoisotopic (exact) mass is 385 g/mol. The van der Waals surface area contributed by atoms with Gasteiger partial charge < -0.3 is 14.8 Å². The Labute approximate surface area is 163 Å². The molecule has 1 aliphatic heterocycles. The molecule has 6 heteroatoms. The highest BCUT2D eigenvalue weighted by molar-refractivity contribution is 5.98. The minimum atomic E-state index is -0.191. The number of amides is 1. The van der Waals surface area contributed by atoms with Crippen LogP contribution in [0, 0.1) is 5.82 Å². The fraction of sp³-hybridized carbons (Fsp3) is 0.364. The fourth-order valence-electron chi connectivity index (χ4n) is 3.05. The molecular formula is C22H24FNO4. The van der Waals surface area contributed by atoms with Crippen LogP contribution in [0.5, 0.6) is 11.5 Å². The maximum absolute atomic E-state index is 13.5. The lowest BCUT2D eigenvalue weighted by Gasteiger charge is -2.18. The molecule has 1 N–H and O–H groups in total. The highest BCUT2D eigenvalue weighted by Crippen LogP contribution is 2.31. The molecule has 28 heavy (non-hydrogen) atoms. The SMILES string of the molecule is O=C(CCC(=O)c1ccc2c(c1)OCCO2)NCCCCc1ccccc1F. The van der Waals surface area contributed by atoms with Crippen molar-refractivity contribution in [2.24, 2.45) is 0 Å². The van der Waals surface area contributed by atoms with Crippen LogP contribution < -0.4 is 14.8 Å². The van der Waals surface area contributed by atoms with Gasteiger partial charge in [0.2, 0.25) is 5.91 Å². The second-order valence-corrected chi connectivity index (χ2v) is 6.68. The number of hydrogen-bond acceptors (Lipinski definition) is 4. The van der Waals surface area contributed by atoms with E-state index in [0.29, 0.717) is 48.8 Å². The van der Waals surface area contributed by atoms with Gasteiger partial charge in [-0.3, -0.25) is 9.59 Å². The number of ketones is 1. The first kappa shape index (κ1) is 19.9. The van der Waals surface area contributed by atoms with Crippen LogP contribution in [0.2, 0.25) is 0 Å². The molecule has 5 nitrogen and oxygen atoms in total. The Hall–Kier alpha value is -2.89.